The second-order valence-electron chi connectivity index (χ2n) is 38.2. The number of benzene rings is 22. The molecule has 0 unspecified atom stereocenters. The van der Waals surface area contributed by atoms with Crippen LogP contribution in [-0.2, 0) is 16.2 Å². The van der Waals surface area contributed by atoms with Crippen LogP contribution < -0.4 is 0 Å². The van der Waals surface area contributed by atoms with Crippen LogP contribution in [0.1, 0.15) is 91.6 Å². The van der Waals surface area contributed by atoms with E-state index >= 15 is 0 Å². The molecule has 0 bridgehead atoms. The first kappa shape index (κ1) is 80.9. The average Bonchev–Trinajstić information content (AvgIpc) is 1.39. The summed E-state index contributed by atoms with van der Waals surface area (Å²) in [5.41, 5.74) is 45.6. The molecule has 22 aromatic rings. The standard InChI is InChI=1S/C48H36.2C42H32/c1-31-22-24-41-43(26-31)46(34-23-25-45-42(30-34)38-18-12-13-21-44(38)48(45,2)3)39-19-10-11-20-40(39)47(41)37-28-35(32-14-6-4-7-15-32)27-36(29-37)33-16-8-5-9-17-33;1-27-21-23-35-37(25-27)40(29-22-24-39-36(26-29)31-16-11-12-20-38(31)42(39,2)3)33-18-9-10-19-34(33)41(35)32-17-8-7-15-30(32)28-13-5-4-6-14-28;1-27-20-22-35-37(24-27)41(31-21-23-39-36(26-31)32-16-9-10-19-38(32)42(39,2)3)34-18-8-7-17-33(34)40(35)30-15-11-14-29(25-30)28-12-5-4-6-13-28/h4-30H,1-3H3;2*4-26H,1-3H3. The van der Waals surface area contributed by atoms with E-state index in [1.54, 1.807) is 0 Å². The summed E-state index contributed by atoms with van der Waals surface area (Å²) in [6, 6.07) is 164. The van der Waals surface area contributed by atoms with Crippen molar-refractivity contribution in [3.63, 3.8) is 0 Å². The molecule has 132 heavy (non-hydrogen) atoms. The van der Waals surface area contributed by atoms with Crippen molar-refractivity contribution in [1.29, 1.82) is 0 Å². The largest absolute Gasteiger partial charge is 0.0622 e. The second-order valence-corrected chi connectivity index (χ2v) is 38.2. The third-order valence-corrected chi connectivity index (χ3v) is 29.1. The monoisotopic (exact) mass is 1680 g/mol. The zero-order chi connectivity index (χ0) is 89.3. The van der Waals surface area contributed by atoms with Crippen molar-refractivity contribution in [2.45, 2.75) is 78.6 Å². The normalized spacial score (nSPS) is 13.2. The Kier molecular flexibility index (Phi) is 19.8. The van der Waals surface area contributed by atoms with E-state index in [0.717, 1.165) is 0 Å². The Morgan fingerprint density at radius 2 is 0.356 bits per heavy atom. The molecule has 3 aliphatic carbocycles. The highest BCUT2D eigenvalue weighted by molar-refractivity contribution is 6.26. The third-order valence-electron chi connectivity index (χ3n) is 29.1. The van der Waals surface area contributed by atoms with Crippen LogP contribution in [0.15, 0.2) is 443 Å². The van der Waals surface area contributed by atoms with E-state index in [2.05, 4.69) is 505 Å². The maximum atomic E-state index is 2.45. The summed E-state index contributed by atoms with van der Waals surface area (Å²) in [5.74, 6) is 0. The summed E-state index contributed by atoms with van der Waals surface area (Å²) in [5, 5.41) is 15.5. The van der Waals surface area contributed by atoms with Crippen molar-refractivity contribution in [3.05, 3.63) is 493 Å². The Balaban J connectivity index is 0.000000113. The van der Waals surface area contributed by atoms with Gasteiger partial charge in [-0.15, -0.1) is 0 Å². The maximum Gasteiger partial charge on any atom is 0.0158 e. The van der Waals surface area contributed by atoms with Crippen molar-refractivity contribution in [2.75, 3.05) is 0 Å². The molecule has 0 saturated heterocycles. The summed E-state index contributed by atoms with van der Waals surface area (Å²) in [7, 11) is 0. The minimum Gasteiger partial charge on any atom is -0.0622 e. The van der Waals surface area contributed by atoms with Crippen molar-refractivity contribution >= 4 is 64.6 Å². The molecular weight excluding hydrogens is 1590 g/mol. The van der Waals surface area contributed by atoms with Gasteiger partial charge in [-0.05, 0) is 306 Å². The van der Waals surface area contributed by atoms with Crippen LogP contribution in [0.2, 0.25) is 0 Å². The molecular formula is C132H100. The zero-order valence-electron chi connectivity index (χ0n) is 76.1. The highest BCUT2D eigenvalue weighted by atomic mass is 14.4. The predicted octanol–water partition coefficient (Wildman–Crippen LogP) is 36.5. The molecule has 0 atom stereocenters. The number of fused-ring (bicyclic) bond motifs is 15. The van der Waals surface area contributed by atoms with Crippen LogP contribution in [0.5, 0.6) is 0 Å². The van der Waals surface area contributed by atoms with Gasteiger partial charge in [0.2, 0.25) is 0 Å². The topological polar surface area (TPSA) is 0 Å². The van der Waals surface area contributed by atoms with Gasteiger partial charge in [-0.25, -0.2) is 0 Å². The van der Waals surface area contributed by atoms with Crippen LogP contribution in [0.4, 0.5) is 0 Å². The van der Waals surface area contributed by atoms with Gasteiger partial charge >= 0.3 is 0 Å². The first-order valence-corrected chi connectivity index (χ1v) is 46.7. The highest BCUT2D eigenvalue weighted by Crippen LogP contribution is 2.57. The molecule has 0 nitrogen and oxygen atoms in total. The molecule has 0 spiro atoms. The molecule has 0 radical (unpaired) electrons. The molecule has 22 aromatic carbocycles. The SMILES string of the molecule is Cc1ccc2c(-c3cc(-c4ccccc4)cc(-c4ccccc4)c3)c3ccccc3c(-c3ccc4c(c3)-c3ccccc3C4(C)C)c2c1.Cc1ccc2c(-c3cccc(-c4ccccc4)c3)c3ccccc3c(-c3ccc4c(c3)-c3ccccc3C4(C)C)c2c1.Cc1ccc2c(-c3ccccc3-c3ccccc3)c3ccccc3c(-c3ccc4c(c3)-c3ccccc3C4(C)C)c2c1. The first-order valence-electron chi connectivity index (χ1n) is 46.7. The van der Waals surface area contributed by atoms with Crippen LogP contribution in [0.25, 0.3) is 209 Å². The average molecular weight is 1690 g/mol. The molecule has 628 valence electrons. The third kappa shape index (κ3) is 13.6. The second kappa shape index (κ2) is 32.3. The molecule has 0 heterocycles. The molecule has 0 amide bonds. The fourth-order valence-electron chi connectivity index (χ4n) is 22.8. The summed E-state index contributed by atoms with van der Waals surface area (Å²) >= 11 is 0. The maximum absolute atomic E-state index is 2.45. The van der Waals surface area contributed by atoms with Crippen LogP contribution >= 0.6 is 0 Å². The Morgan fingerprint density at radius 1 is 0.121 bits per heavy atom. The van der Waals surface area contributed by atoms with Gasteiger partial charge in [0.05, 0.1) is 0 Å². The number of aryl methyl sites for hydroxylation is 3. The smallest absolute Gasteiger partial charge is 0.0158 e. The minimum absolute atomic E-state index is 0.00118. The van der Waals surface area contributed by atoms with Crippen molar-refractivity contribution in [3.8, 4) is 145 Å². The van der Waals surface area contributed by atoms with E-state index in [1.807, 2.05) is 0 Å². The van der Waals surface area contributed by atoms with Crippen molar-refractivity contribution in [2.24, 2.45) is 0 Å². The number of hydrogen-bond acceptors (Lipinski definition) is 0. The van der Waals surface area contributed by atoms with E-state index in [4.69, 9.17) is 0 Å². The van der Waals surface area contributed by atoms with Gasteiger partial charge < -0.3 is 0 Å². The van der Waals surface area contributed by atoms with Crippen LogP contribution in [0.3, 0.4) is 0 Å². The van der Waals surface area contributed by atoms with Crippen molar-refractivity contribution in [1.82, 2.24) is 0 Å². The van der Waals surface area contributed by atoms with Gasteiger partial charge in [0.1, 0.15) is 0 Å². The van der Waals surface area contributed by atoms with E-state index in [0.29, 0.717) is 0 Å². The number of rotatable bonds is 10. The van der Waals surface area contributed by atoms with Crippen LogP contribution in [0, 0.1) is 20.8 Å². The molecule has 0 fully saturated rings. The summed E-state index contributed by atoms with van der Waals surface area (Å²) in [6.45, 7) is 20.7. The van der Waals surface area contributed by atoms with E-state index in [1.165, 1.54) is 259 Å². The molecule has 0 aliphatic heterocycles. The minimum atomic E-state index is -0.0186. The zero-order valence-corrected chi connectivity index (χ0v) is 76.1. The van der Waals surface area contributed by atoms with E-state index < -0.39 is 0 Å². The first-order chi connectivity index (χ1) is 64.5. The molecule has 0 N–H and O–H groups in total. The van der Waals surface area contributed by atoms with Gasteiger partial charge in [0.15, 0.2) is 0 Å². The predicted molar refractivity (Wildman–Crippen MR) is 566 cm³/mol. The molecule has 25 rings (SSSR count). The Labute approximate surface area is 775 Å². The molecule has 0 aromatic heterocycles. The van der Waals surface area contributed by atoms with Crippen molar-refractivity contribution < 1.29 is 0 Å². The molecule has 3 aliphatic rings. The highest BCUT2D eigenvalue weighted by Gasteiger charge is 2.39. The Bertz CT molecular complexity index is 8350. The van der Waals surface area contributed by atoms with Gasteiger partial charge in [0, 0.05) is 16.2 Å². The Morgan fingerprint density at radius 3 is 0.727 bits per heavy atom. The van der Waals surface area contributed by atoms with Gasteiger partial charge in [-0.3, -0.25) is 0 Å². The lowest BCUT2D eigenvalue weighted by atomic mass is 9.81. The fourth-order valence-corrected chi connectivity index (χ4v) is 22.8. The molecule has 0 heteroatoms. The van der Waals surface area contributed by atoms with Gasteiger partial charge in [-0.1, -0.05) is 459 Å². The van der Waals surface area contributed by atoms with Gasteiger partial charge in [0.25, 0.3) is 0 Å². The van der Waals surface area contributed by atoms with E-state index in [-0.39, 0.29) is 16.2 Å². The van der Waals surface area contributed by atoms with Gasteiger partial charge in [-0.2, -0.15) is 0 Å². The van der Waals surface area contributed by atoms with E-state index in [9.17, 15) is 0 Å². The summed E-state index contributed by atoms with van der Waals surface area (Å²) in [6.07, 6.45) is 0. The lowest BCUT2D eigenvalue weighted by molar-refractivity contribution is 0.660. The summed E-state index contributed by atoms with van der Waals surface area (Å²) in [4.78, 5) is 0. The lowest BCUT2D eigenvalue weighted by Gasteiger charge is -2.22. The Hall–Kier alpha value is -15.6. The quantitative estimate of drug-likeness (QED) is 0.120. The van der Waals surface area contributed by atoms with Crippen LogP contribution in [-0.4, -0.2) is 0 Å². The molecule has 0 saturated carbocycles. The number of hydrogen-bond donors (Lipinski definition) is 0. The lowest BCUT2D eigenvalue weighted by Crippen LogP contribution is -2.14. The summed E-state index contributed by atoms with van der Waals surface area (Å²) < 4.78 is 0. The fraction of sp³-hybridized carbons (Fsp3) is 0.0909.